The molecular formula is C12H24N2O2. The van der Waals surface area contributed by atoms with Gasteiger partial charge in [-0.1, -0.05) is 0 Å². The second-order valence-electron chi connectivity index (χ2n) is 4.99. The van der Waals surface area contributed by atoms with Gasteiger partial charge in [0.1, 0.15) is 0 Å². The second-order valence-corrected chi connectivity index (χ2v) is 4.99. The fourth-order valence-electron chi connectivity index (χ4n) is 2.52. The number of hydrogen-bond donors (Lipinski definition) is 2. The van der Waals surface area contributed by atoms with E-state index in [1.54, 1.807) is 0 Å². The number of hydrogen-bond acceptors (Lipinski definition) is 3. The molecular weight excluding hydrogens is 204 g/mol. The van der Waals surface area contributed by atoms with Crippen LogP contribution in [-0.2, 0) is 4.79 Å². The van der Waals surface area contributed by atoms with Gasteiger partial charge in [0.2, 0.25) is 5.91 Å². The van der Waals surface area contributed by atoms with Crippen LogP contribution in [0.2, 0.25) is 0 Å². The molecule has 94 valence electrons. The molecule has 4 atom stereocenters. The van der Waals surface area contributed by atoms with E-state index in [-0.39, 0.29) is 24.6 Å². The zero-order valence-corrected chi connectivity index (χ0v) is 10.7. The Morgan fingerprint density at radius 3 is 2.31 bits per heavy atom. The van der Waals surface area contributed by atoms with Gasteiger partial charge in [0.25, 0.3) is 0 Å². The lowest BCUT2D eigenvalue weighted by molar-refractivity contribution is -0.127. The van der Waals surface area contributed by atoms with Crippen molar-refractivity contribution in [2.24, 2.45) is 0 Å². The highest BCUT2D eigenvalue weighted by Gasteiger charge is 2.34. The molecule has 4 nitrogen and oxygen atoms in total. The van der Waals surface area contributed by atoms with Crippen molar-refractivity contribution in [3.8, 4) is 0 Å². The van der Waals surface area contributed by atoms with Crippen molar-refractivity contribution in [1.29, 1.82) is 0 Å². The first kappa shape index (κ1) is 13.5. The van der Waals surface area contributed by atoms with Crippen LogP contribution in [0.15, 0.2) is 0 Å². The third-order valence-electron chi connectivity index (χ3n) is 3.51. The van der Waals surface area contributed by atoms with Crippen LogP contribution in [0.5, 0.6) is 0 Å². The summed E-state index contributed by atoms with van der Waals surface area (Å²) in [5.41, 5.74) is 0. The second kappa shape index (κ2) is 5.64. The van der Waals surface area contributed by atoms with Gasteiger partial charge < -0.3 is 10.4 Å². The Hall–Kier alpha value is -0.610. The average Bonchev–Trinajstić information content (AvgIpc) is 2.57. The van der Waals surface area contributed by atoms with E-state index in [0.29, 0.717) is 12.1 Å². The maximum atomic E-state index is 11.9. The van der Waals surface area contributed by atoms with Gasteiger partial charge in [0.15, 0.2) is 0 Å². The molecule has 0 aliphatic carbocycles. The van der Waals surface area contributed by atoms with Gasteiger partial charge in [-0.25, -0.2) is 0 Å². The van der Waals surface area contributed by atoms with Gasteiger partial charge in [0.05, 0.1) is 12.6 Å². The number of nitrogens with zero attached hydrogens (tertiary/aromatic N) is 1. The SMILES string of the molecule is CC1CCC(C)N1C(C)C(=O)N[C@@H](C)CO. The molecule has 0 aromatic rings. The van der Waals surface area contributed by atoms with E-state index in [1.807, 2.05) is 13.8 Å². The minimum absolute atomic E-state index is 0.0104. The summed E-state index contributed by atoms with van der Waals surface area (Å²) < 4.78 is 0. The summed E-state index contributed by atoms with van der Waals surface area (Å²) in [7, 11) is 0. The third kappa shape index (κ3) is 2.95. The lowest BCUT2D eigenvalue weighted by atomic mass is 10.2. The summed E-state index contributed by atoms with van der Waals surface area (Å²) in [4.78, 5) is 14.2. The molecule has 1 rings (SSSR count). The average molecular weight is 228 g/mol. The third-order valence-corrected chi connectivity index (χ3v) is 3.51. The minimum Gasteiger partial charge on any atom is -0.394 e. The van der Waals surface area contributed by atoms with Crippen LogP contribution in [0.25, 0.3) is 0 Å². The molecule has 1 fully saturated rings. The predicted octanol–water partition coefficient (Wildman–Crippen LogP) is 0.745. The molecule has 4 heteroatoms. The summed E-state index contributed by atoms with van der Waals surface area (Å²) in [5, 5.41) is 11.7. The number of aliphatic hydroxyl groups excluding tert-OH is 1. The molecule has 1 aliphatic heterocycles. The molecule has 1 saturated heterocycles. The Kier molecular flexibility index (Phi) is 4.74. The summed E-state index contributed by atoms with van der Waals surface area (Å²) in [6.45, 7) is 8.08. The standard InChI is InChI=1S/C12H24N2O2/c1-8(7-15)13-12(16)11(4)14-9(2)5-6-10(14)3/h8-11,15H,5-7H2,1-4H3,(H,13,16)/t8-,9?,10?,11?/m0/s1. The Morgan fingerprint density at radius 1 is 1.38 bits per heavy atom. The number of amides is 1. The Labute approximate surface area is 98.0 Å². The quantitative estimate of drug-likeness (QED) is 0.746. The lowest BCUT2D eigenvalue weighted by Crippen LogP contribution is -2.51. The molecule has 1 aliphatic rings. The highest BCUT2D eigenvalue weighted by molar-refractivity contribution is 5.81. The molecule has 0 saturated carbocycles. The number of aliphatic hydroxyl groups is 1. The fourth-order valence-corrected chi connectivity index (χ4v) is 2.52. The van der Waals surface area contributed by atoms with Crippen LogP contribution in [0.4, 0.5) is 0 Å². The van der Waals surface area contributed by atoms with Crippen molar-refractivity contribution < 1.29 is 9.90 Å². The number of carbonyl (C=O) groups is 1. The smallest absolute Gasteiger partial charge is 0.237 e. The van der Waals surface area contributed by atoms with Crippen LogP contribution >= 0.6 is 0 Å². The number of rotatable bonds is 4. The Morgan fingerprint density at radius 2 is 1.88 bits per heavy atom. The molecule has 0 spiro atoms. The highest BCUT2D eigenvalue weighted by atomic mass is 16.3. The van der Waals surface area contributed by atoms with Crippen LogP contribution in [-0.4, -0.2) is 46.7 Å². The highest BCUT2D eigenvalue weighted by Crippen LogP contribution is 2.25. The molecule has 0 aromatic carbocycles. The van der Waals surface area contributed by atoms with Crippen molar-refractivity contribution in [3.63, 3.8) is 0 Å². The van der Waals surface area contributed by atoms with E-state index in [9.17, 15) is 4.79 Å². The van der Waals surface area contributed by atoms with Gasteiger partial charge in [-0.05, 0) is 40.5 Å². The van der Waals surface area contributed by atoms with Gasteiger partial charge in [-0.15, -0.1) is 0 Å². The summed E-state index contributed by atoms with van der Waals surface area (Å²) in [6.07, 6.45) is 2.32. The zero-order chi connectivity index (χ0) is 12.3. The van der Waals surface area contributed by atoms with Crippen molar-refractivity contribution in [1.82, 2.24) is 10.2 Å². The normalized spacial score (nSPS) is 30.1. The molecule has 1 amide bonds. The summed E-state index contributed by atoms with van der Waals surface area (Å²) in [6, 6.07) is 0.671. The van der Waals surface area contributed by atoms with E-state index in [0.717, 1.165) is 12.8 Å². The van der Waals surface area contributed by atoms with Gasteiger partial charge in [-0.3, -0.25) is 9.69 Å². The van der Waals surface area contributed by atoms with Crippen LogP contribution in [0.1, 0.15) is 40.5 Å². The van der Waals surface area contributed by atoms with Crippen molar-refractivity contribution >= 4 is 5.91 Å². The molecule has 16 heavy (non-hydrogen) atoms. The molecule has 2 N–H and O–H groups in total. The van der Waals surface area contributed by atoms with Crippen molar-refractivity contribution in [2.75, 3.05) is 6.61 Å². The molecule has 0 radical (unpaired) electrons. The maximum Gasteiger partial charge on any atom is 0.237 e. The maximum absolute atomic E-state index is 11.9. The Balaban J connectivity index is 2.55. The van der Waals surface area contributed by atoms with Crippen molar-refractivity contribution in [3.05, 3.63) is 0 Å². The van der Waals surface area contributed by atoms with Crippen LogP contribution < -0.4 is 5.32 Å². The van der Waals surface area contributed by atoms with Crippen molar-refractivity contribution in [2.45, 2.75) is 64.7 Å². The zero-order valence-electron chi connectivity index (χ0n) is 10.7. The number of carbonyl (C=O) groups excluding carboxylic acids is 1. The first-order valence-corrected chi connectivity index (χ1v) is 6.16. The van der Waals surface area contributed by atoms with Crippen LogP contribution in [0, 0.1) is 0 Å². The number of nitrogens with one attached hydrogen (secondary N) is 1. The fraction of sp³-hybridized carbons (Fsp3) is 0.917. The van der Waals surface area contributed by atoms with E-state index in [2.05, 4.69) is 24.1 Å². The van der Waals surface area contributed by atoms with E-state index < -0.39 is 0 Å². The topological polar surface area (TPSA) is 52.6 Å². The minimum atomic E-state index is -0.164. The van der Waals surface area contributed by atoms with Gasteiger partial charge in [-0.2, -0.15) is 0 Å². The number of likely N-dealkylation sites (tertiary alicyclic amines) is 1. The van der Waals surface area contributed by atoms with E-state index in [4.69, 9.17) is 5.11 Å². The van der Waals surface area contributed by atoms with E-state index >= 15 is 0 Å². The van der Waals surface area contributed by atoms with E-state index in [1.165, 1.54) is 0 Å². The molecule has 3 unspecified atom stereocenters. The molecule has 1 heterocycles. The summed E-state index contributed by atoms with van der Waals surface area (Å²) >= 11 is 0. The molecule has 0 aromatic heterocycles. The predicted molar refractivity (Wildman–Crippen MR) is 64.1 cm³/mol. The largest absolute Gasteiger partial charge is 0.394 e. The Bertz CT molecular complexity index is 235. The molecule has 0 bridgehead atoms. The monoisotopic (exact) mass is 228 g/mol. The summed E-state index contributed by atoms with van der Waals surface area (Å²) in [5.74, 6) is 0.0159. The first-order valence-electron chi connectivity index (χ1n) is 6.16. The van der Waals surface area contributed by atoms with Crippen LogP contribution in [0.3, 0.4) is 0 Å². The lowest BCUT2D eigenvalue weighted by Gasteiger charge is -2.32. The van der Waals surface area contributed by atoms with Gasteiger partial charge in [0, 0.05) is 18.1 Å². The first-order chi connectivity index (χ1) is 7.47. The van der Waals surface area contributed by atoms with Gasteiger partial charge >= 0.3 is 0 Å².